The molecule has 6 heteroatoms. The number of hydrogen-bond acceptors (Lipinski definition) is 4. The number of rotatable bonds is 13. The van der Waals surface area contributed by atoms with E-state index >= 15 is 0 Å². The minimum absolute atomic E-state index is 0.0415. The van der Waals surface area contributed by atoms with E-state index in [-0.39, 0.29) is 11.8 Å². The van der Waals surface area contributed by atoms with Crippen LogP contribution in [0.5, 0.6) is 0 Å². The molecule has 0 radical (unpaired) electrons. The van der Waals surface area contributed by atoms with Crippen molar-refractivity contribution in [3.8, 4) is 0 Å². The van der Waals surface area contributed by atoms with E-state index in [1.807, 2.05) is 42.6 Å². The molecule has 2 aromatic rings. The lowest BCUT2D eigenvalue weighted by Gasteiger charge is -2.06. The molecule has 0 bridgehead atoms. The van der Waals surface area contributed by atoms with Gasteiger partial charge in [-0.3, -0.25) is 9.59 Å². The van der Waals surface area contributed by atoms with Gasteiger partial charge < -0.3 is 5.32 Å². The fourth-order valence-electron chi connectivity index (χ4n) is 3.08. The third-order valence-electron chi connectivity index (χ3n) is 4.91. The largest absolute Gasteiger partial charge is 0.321 e. The summed E-state index contributed by atoms with van der Waals surface area (Å²) in [5.41, 5.74) is 5.00. The number of carbonyl (C=O) groups is 2. The van der Waals surface area contributed by atoms with Gasteiger partial charge in [-0.2, -0.15) is 5.10 Å². The average Bonchev–Trinajstić information content (AvgIpc) is 3.29. The van der Waals surface area contributed by atoms with Crippen molar-refractivity contribution in [3.63, 3.8) is 0 Å². The molecule has 0 saturated carbocycles. The van der Waals surface area contributed by atoms with Crippen molar-refractivity contribution in [1.82, 2.24) is 5.43 Å². The summed E-state index contributed by atoms with van der Waals surface area (Å²) in [6, 6.07) is 11.1. The van der Waals surface area contributed by atoms with Crippen LogP contribution in [0.3, 0.4) is 0 Å². The molecule has 1 aromatic heterocycles. The van der Waals surface area contributed by atoms with Crippen molar-refractivity contribution in [3.05, 3.63) is 52.2 Å². The Morgan fingerprint density at radius 1 is 0.933 bits per heavy atom. The van der Waals surface area contributed by atoms with Crippen LogP contribution in [0.15, 0.2) is 46.9 Å². The Bertz CT molecular complexity index is 798. The molecule has 0 atom stereocenters. The highest BCUT2D eigenvalue weighted by Gasteiger charge is 2.07. The lowest BCUT2D eigenvalue weighted by atomic mass is 10.1. The second kappa shape index (κ2) is 13.7. The summed E-state index contributed by atoms with van der Waals surface area (Å²) >= 11 is 1.41. The first-order valence-electron chi connectivity index (χ1n) is 10.9. The van der Waals surface area contributed by atoms with Gasteiger partial charge in [0.15, 0.2) is 0 Å². The van der Waals surface area contributed by atoms with Crippen LogP contribution in [0.4, 0.5) is 5.69 Å². The Labute approximate surface area is 184 Å². The zero-order valence-electron chi connectivity index (χ0n) is 18.1. The van der Waals surface area contributed by atoms with Crippen molar-refractivity contribution < 1.29 is 9.59 Å². The van der Waals surface area contributed by atoms with Crippen LogP contribution in [0.25, 0.3) is 0 Å². The Morgan fingerprint density at radius 3 is 2.23 bits per heavy atom. The van der Waals surface area contributed by atoms with Gasteiger partial charge in [0.2, 0.25) is 5.91 Å². The van der Waals surface area contributed by atoms with E-state index in [4.69, 9.17) is 0 Å². The van der Waals surface area contributed by atoms with Crippen molar-refractivity contribution >= 4 is 34.6 Å². The van der Waals surface area contributed by atoms with Crippen LogP contribution in [0, 0.1) is 0 Å². The molecule has 0 aliphatic heterocycles. The van der Waals surface area contributed by atoms with Crippen LogP contribution >= 0.6 is 11.3 Å². The highest BCUT2D eigenvalue weighted by Crippen LogP contribution is 2.15. The maximum atomic E-state index is 12.1. The highest BCUT2D eigenvalue weighted by atomic mass is 32.1. The SMILES string of the molecule is CCCCCCCCCCC(=O)NN=C(C)c1ccc(NC(=O)c2cccs2)cc1. The van der Waals surface area contributed by atoms with E-state index in [9.17, 15) is 9.59 Å². The third kappa shape index (κ3) is 8.91. The topological polar surface area (TPSA) is 70.6 Å². The molecule has 0 aliphatic carbocycles. The molecule has 162 valence electrons. The molecule has 2 rings (SSSR count). The van der Waals surface area contributed by atoms with Gasteiger partial charge in [-0.25, -0.2) is 5.43 Å². The average molecular weight is 428 g/mol. The quantitative estimate of drug-likeness (QED) is 0.221. The molecule has 1 aromatic carbocycles. The van der Waals surface area contributed by atoms with Gasteiger partial charge in [0.05, 0.1) is 10.6 Å². The first-order valence-corrected chi connectivity index (χ1v) is 11.8. The predicted octanol–water partition coefficient (Wildman–Crippen LogP) is 6.37. The number of thiophene rings is 1. The number of anilines is 1. The summed E-state index contributed by atoms with van der Waals surface area (Å²) in [4.78, 5) is 24.7. The summed E-state index contributed by atoms with van der Waals surface area (Å²) in [7, 11) is 0. The summed E-state index contributed by atoms with van der Waals surface area (Å²) in [6.45, 7) is 4.08. The number of unbranched alkanes of at least 4 members (excludes halogenated alkanes) is 7. The molecule has 0 fully saturated rings. The van der Waals surface area contributed by atoms with Crippen LogP contribution in [0.1, 0.15) is 86.9 Å². The molecular weight excluding hydrogens is 394 g/mol. The van der Waals surface area contributed by atoms with E-state index in [0.717, 1.165) is 29.8 Å². The molecule has 2 amide bonds. The molecular formula is C24H33N3O2S. The molecule has 0 saturated heterocycles. The Hall–Kier alpha value is -2.47. The normalized spacial score (nSPS) is 11.3. The third-order valence-corrected chi connectivity index (χ3v) is 5.78. The van der Waals surface area contributed by atoms with Gasteiger partial charge in [-0.15, -0.1) is 11.3 Å². The fraction of sp³-hybridized carbons (Fsp3) is 0.458. The van der Waals surface area contributed by atoms with Crippen molar-refractivity contribution in [2.75, 3.05) is 5.32 Å². The fourth-order valence-corrected chi connectivity index (χ4v) is 3.70. The zero-order valence-corrected chi connectivity index (χ0v) is 18.9. The minimum Gasteiger partial charge on any atom is -0.321 e. The van der Waals surface area contributed by atoms with Gasteiger partial charge in [0.1, 0.15) is 0 Å². The summed E-state index contributed by atoms with van der Waals surface area (Å²) in [6.07, 6.45) is 10.2. The van der Waals surface area contributed by atoms with E-state index in [1.54, 1.807) is 6.07 Å². The molecule has 2 N–H and O–H groups in total. The Morgan fingerprint density at radius 2 is 1.60 bits per heavy atom. The van der Waals surface area contributed by atoms with Gasteiger partial charge in [-0.1, -0.05) is 70.1 Å². The lowest BCUT2D eigenvalue weighted by Crippen LogP contribution is -2.18. The monoisotopic (exact) mass is 427 g/mol. The predicted molar refractivity (Wildman–Crippen MR) is 126 cm³/mol. The first-order chi connectivity index (χ1) is 14.6. The van der Waals surface area contributed by atoms with E-state index in [0.29, 0.717) is 11.3 Å². The first kappa shape index (κ1) is 23.8. The summed E-state index contributed by atoms with van der Waals surface area (Å²) in [5.74, 6) is -0.156. The molecule has 1 heterocycles. The number of hydrazone groups is 1. The van der Waals surface area contributed by atoms with E-state index in [2.05, 4.69) is 22.8 Å². The van der Waals surface area contributed by atoms with Gasteiger partial charge in [-0.05, 0) is 42.5 Å². The van der Waals surface area contributed by atoms with Gasteiger partial charge in [0, 0.05) is 12.1 Å². The summed E-state index contributed by atoms with van der Waals surface area (Å²) < 4.78 is 0. The van der Waals surface area contributed by atoms with E-state index < -0.39 is 0 Å². The Kier molecular flexibility index (Phi) is 10.9. The van der Waals surface area contributed by atoms with Gasteiger partial charge in [0.25, 0.3) is 5.91 Å². The number of hydrogen-bond donors (Lipinski definition) is 2. The smallest absolute Gasteiger partial charge is 0.265 e. The number of benzene rings is 1. The van der Waals surface area contributed by atoms with E-state index in [1.165, 1.54) is 49.9 Å². The lowest BCUT2D eigenvalue weighted by molar-refractivity contribution is -0.121. The molecule has 30 heavy (non-hydrogen) atoms. The molecule has 0 unspecified atom stereocenters. The van der Waals surface area contributed by atoms with Crippen molar-refractivity contribution in [2.45, 2.75) is 71.6 Å². The highest BCUT2D eigenvalue weighted by molar-refractivity contribution is 7.12. The number of carbonyl (C=O) groups excluding carboxylic acids is 2. The van der Waals surface area contributed by atoms with Gasteiger partial charge >= 0.3 is 0 Å². The molecule has 0 aliphatic rings. The number of nitrogens with one attached hydrogen (secondary N) is 2. The molecule has 5 nitrogen and oxygen atoms in total. The zero-order chi connectivity index (χ0) is 21.6. The van der Waals surface area contributed by atoms with Crippen molar-refractivity contribution in [1.29, 1.82) is 0 Å². The maximum Gasteiger partial charge on any atom is 0.265 e. The second-order valence-corrected chi connectivity index (χ2v) is 8.41. The molecule has 0 spiro atoms. The Balaban J connectivity index is 1.68. The standard InChI is InChI=1S/C24H33N3O2S/c1-3-4-5-6-7-8-9-10-13-23(28)27-26-19(2)20-14-16-21(17-15-20)25-24(29)22-12-11-18-30-22/h11-12,14-18H,3-10,13H2,1-2H3,(H,25,29)(H,27,28). The minimum atomic E-state index is -0.114. The van der Waals surface area contributed by atoms with Crippen molar-refractivity contribution in [2.24, 2.45) is 5.10 Å². The summed E-state index contributed by atoms with van der Waals surface area (Å²) in [5, 5.41) is 8.95. The second-order valence-electron chi connectivity index (χ2n) is 7.47. The van der Waals surface area contributed by atoms with Crippen LogP contribution < -0.4 is 10.7 Å². The van der Waals surface area contributed by atoms with Crippen LogP contribution in [-0.2, 0) is 4.79 Å². The maximum absolute atomic E-state index is 12.1. The number of amides is 2. The van der Waals surface area contributed by atoms with Crippen LogP contribution in [-0.4, -0.2) is 17.5 Å². The number of nitrogens with zero attached hydrogens (tertiary/aromatic N) is 1. The van der Waals surface area contributed by atoms with Crippen LogP contribution in [0.2, 0.25) is 0 Å².